The summed E-state index contributed by atoms with van der Waals surface area (Å²) >= 11 is 0. The Bertz CT molecular complexity index is 1290. The van der Waals surface area contributed by atoms with Gasteiger partial charge in [-0.1, -0.05) is 143 Å². The lowest BCUT2D eigenvalue weighted by Crippen LogP contribution is -1.99. The first-order valence-corrected chi connectivity index (χ1v) is 17.5. The molecular formula is C42H58O4. The van der Waals surface area contributed by atoms with E-state index in [2.05, 4.69) is 80.7 Å². The molecule has 0 saturated heterocycles. The van der Waals surface area contributed by atoms with Crippen molar-refractivity contribution < 1.29 is 20.4 Å². The summed E-state index contributed by atoms with van der Waals surface area (Å²) in [6.45, 7) is 4.26. The van der Waals surface area contributed by atoms with Crippen LogP contribution in [0.25, 0.3) is 0 Å². The summed E-state index contributed by atoms with van der Waals surface area (Å²) in [5.41, 5.74) is 2.76. The molecule has 4 nitrogen and oxygen atoms in total. The topological polar surface area (TPSA) is 80.9 Å². The van der Waals surface area contributed by atoms with E-state index < -0.39 is 0 Å². The maximum atomic E-state index is 10.6. The molecule has 0 aromatic heterocycles. The predicted octanol–water partition coefficient (Wildman–Crippen LogP) is 11.8. The molecule has 0 fully saturated rings. The van der Waals surface area contributed by atoms with Crippen molar-refractivity contribution in [1.82, 2.24) is 0 Å². The van der Waals surface area contributed by atoms with E-state index in [1.165, 1.54) is 38.2 Å². The van der Waals surface area contributed by atoms with Gasteiger partial charge in [-0.25, -0.2) is 0 Å². The van der Waals surface area contributed by atoms with Crippen molar-refractivity contribution in [2.45, 2.75) is 116 Å². The maximum absolute atomic E-state index is 10.6. The van der Waals surface area contributed by atoms with Crippen molar-refractivity contribution in [1.29, 1.82) is 0 Å². The van der Waals surface area contributed by atoms with Crippen molar-refractivity contribution in [2.75, 3.05) is 0 Å². The van der Waals surface area contributed by atoms with Gasteiger partial charge in [0.05, 0.1) is 0 Å². The van der Waals surface area contributed by atoms with Crippen molar-refractivity contribution in [2.24, 2.45) is 0 Å². The van der Waals surface area contributed by atoms with Gasteiger partial charge >= 0.3 is 0 Å². The summed E-state index contributed by atoms with van der Waals surface area (Å²) in [4.78, 5) is 0. The average molecular weight is 627 g/mol. The van der Waals surface area contributed by atoms with Crippen LogP contribution in [-0.2, 0) is 12.8 Å². The van der Waals surface area contributed by atoms with Crippen LogP contribution < -0.4 is 0 Å². The fourth-order valence-corrected chi connectivity index (χ4v) is 5.47. The van der Waals surface area contributed by atoms with E-state index in [-0.39, 0.29) is 28.9 Å². The summed E-state index contributed by atoms with van der Waals surface area (Å²) in [6.07, 6.45) is 41.4. The standard InChI is InChI=1S/C42H58O4/c1-3-4-5-6-7-8-9-10-14-17-20-23-26-31-38-37(33-34-40(44)42(38)46)35(2)28-24-21-18-15-12-11-13-16-19-22-25-29-36-30-27-32-39(43)41(36)45/h4-9,12,15,18,21,24,27-28,30,32-35,43-46H,3,10-11,13-14,16-17,19-20,22-23,25-26,29,31H2,1-2H3/b5-4+,7-6+,9-8-,15-12-,21-18+,28-24+. The average Bonchev–Trinajstić information content (AvgIpc) is 3.05. The molecule has 2 aromatic carbocycles. The number of allylic oxidation sites excluding steroid dienone is 12. The van der Waals surface area contributed by atoms with E-state index in [0.717, 1.165) is 80.9 Å². The lowest BCUT2D eigenvalue weighted by molar-refractivity contribution is 0.397. The first-order chi connectivity index (χ1) is 22.5. The molecule has 0 heterocycles. The van der Waals surface area contributed by atoms with Crippen molar-refractivity contribution in [3.05, 3.63) is 120 Å². The summed E-state index contributed by atoms with van der Waals surface area (Å²) < 4.78 is 0. The zero-order valence-electron chi connectivity index (χ0n) is 28.3. The molecule has 46 heavy (non-hydrogen) atoms. The monoisotopic (exact) mass is 626 g/mol. The lowest BCUT2D eigenvalue weighted by Gasteiger charge is -2.16. The third-order valence-corrected chi connectivity index (χ3v) is 8.21. The smallest absolute Gasteiger partial charge is 0.160 e. The Balaban J connectivity index is 1.63. The molecule has 0 saturated carbocycles. The number of unbranched alkanes of at least 4 members (excludes halogenated alkanes) is 10. The highest BCUT2D eigenvalue weighted by Gasteiger charge is 2.15. The number of phenolic OH excluding ortho intramolecular Hbond substituents is 4. The van der Waals surface area contributed by atoms with Crippen LogP contribution in [0.2, 0.25) is 0 Å². The summed E-state index contributed by atoms with van der Waals surface area (Å²) in [5, 5.41) is 40.2. The number of aromatic hydroxyl groups is 4. The molecule has 250 valence electrons. The second kappa shape index (κ2) is 24.3. The van der Waals surface area contributed by atoms with Gasteiger partial charge in [0.2, 0.25) is 0 Å². The maximum Gasteiger partial charge on any atom is 0.160 e. The Labute approximate surface area is 278 Å². The third kappa shape index (κ3) is 15.9. The van der Waals surface area contributed by atoms with Gasteiger partial charge in [0.1, 0.15) is 0 Å². The van der Waals surface area contributed by atoms with Gasteiger partial charge < -0.3 is 20.4 Å². The van der Waals surface area contributed by atoms with E-state index in [4.69, 9.17) is 0 Å². The first-order valence-electron chi connectivity index (χ1n) is 17.5. The Kier molecular flexibility index (Phi) is 20.2. The first kappa shape index (κ1) is 38.3. The fraction of sp³-hybridized carbons (Fsp3) is 0.429. The molecule has 0 amide bonds. The van der Waals surface area contributed by atoms with Crippen LogP contribution in [0.15, 0.2) is 103 Å². The number of aryl methyl sites for hydroxylation is 1. The molecule has 1 atom stereocenters. The highest BCUT2D eigenvalue weighted by Crippen LogP contribution is 2.36. The van der Waals surface area contributed by atoms with Crippen molar-refractivity contribution >= 4 is 0 Å². The van der Waals surface area contributed by atoms with Crippen LogP contribution >= 0.6 is 0 Å². The highest BCUT2D eigenvalue weighted by molar-refractivity contribution is 5.51. The third-order valence-electron chi connectivity index (χ3n) is 8.21. The molecule has 4 heteroatoms. The molecule has 1 unspecified atom stereocenters. The van der Waals surface area contributed by atoms with E-state index in [1.807, 2.05) is 18.2 Å². The molecule has 0 radical (unpaired) electrons. The molecule has 0 aliphatic carbocycles. The van der Waals surface area contributed by atoms with Crippen molar-refractivity contribution in [3.8, 4) is 23.0 Å². The second-order valence-corrected chi connectivity index (χ2v) is 12.0. The Hall–Kier alpha value is -3.92. The van der Waals surface area contributed by atoms with E-state index in [1.54, 1.807) is 12.1 Å². The van der Waals surface area contributed by atoms with Crippen LogP contribution in [0.4, 0.5) is 0 Å². The van der Waals surface area contributed by atoms with Gasteiger partial charge in [0.25, 0.3) is 0 Å². The molecule has 2 aromatic rings. The summed E-state index contributed by atoms with van der Waals surface area (Å²) in [7, 11) is 0. The van der Waals surface area contributed by atoms with Gasteiger partial charge in [-0.2, -0.15) is 0 Å². The minimum Gasteiger partial charge on any atom is -0.504 e. The number of benzene rings is 2. The Morgan fingerprint density at radius 2 is 1.09 bits per heavy atom. The lowest BCUT2D eigenvalue weighted by atomic mass is 9.91. The van der Waals surface area contributed by atoms with Gasteiger partial charge in [-0.05, 0) is 87.0 Å². The predicted molar refractivity (Wildman–Crippen MR) is 196 cm³/mol. The molecule has 4 N–H and O–H groups in total. The second-order valence-electron chi connectivity index (χ2n) is 12.0. The Morgan fingerprint density at radius 3 is 1.74 bits per heavy atom. The SMILES string of the molecule is CC/C=C/C=C/C=C\CCCCCCCc1c(C(C)/C=C/C=C/C=C\CCCCCCCc2cccc(O)c2O)ccc(O)c1O. The van der Waals surface area contributed by atoms with Crippen LogP contribution in [0.5, 0.6) is 23.0 Å². The number of phenols is 4. The van der Waals surface area contributed by atoms with Gasteiger partial charge in [-0.15, -0.1) is 0 Å². The molecule has 0 aliphatic heterocycles. The number of hydrogen-bond acceptors (Lipinski definition) is 4. The number of para-hydroxylation sites is 1. The largest absolute Gasteiger partial charge is 0.504 e. The van der Waals surface area contributed by atoms with E-state index in [0.29, 0.717) is 0 Å². The summed E-state index contributed by atoms with van der Waals surface area (Å²) in [5.74, 6) is 0.0934. The number of hydrogen-bond donors (Lipinski definition) is 4. The van der Waals surface area contributed by atoms with Gasteiger partial charge in [0.15, 0.2) is 23.0 Å². The van der Waals surface area contributed by atoms with Crippen LogP contribution in [0.3, 0.4) is 0 Å². The van der Waals surface area contributed by atoms with Gasteiger partial charge in [-0.3, -0.25) is 0 Å². The minimum atomic E-state index is -0.0420. The molecule has 2 rings (SSSR count). The molecule has 0 spiro atoms. The zero-order valence-corrected chi connectivity index (χ0v) is 28.3. The Morgan fingerprint density at radius 1 is 0.543 bits per heavy atom. The highest BCUT2D eigenvalue weighted by atomic mass is 16.3. The van der Waals surface area contributed by atoms with Crippen LogP contribution in [0, 0.1) is 0 Å². The zero-order chi connectivity index (χ0) is 33.2. The quantitative estimate of drug-likeness (QED) is 0.0562. The summed E-state index contributed by atoms with van der Waals surface area (Å²) in [6, 6.07) is 8.70. The fourth-order valence-electron chi connectivity index (χ4n) is 5.47. The van der Waals surface area contributed by atoms with E-state index >= 15 is 0 Å². The van der Waals surface area contributed by atoms with Crippen molar-refractivity contribution in [3.63, 3.8) is 0 Å². The van der Waals surface area contributed by atoms with Crippen LogP contribution in [0.1, 0.15) is 120 Å². The molecule has 0 bridgehead atoms. The molecular weight excluding hydrogens is 568 g/mol. The van der Waals surface area contributed by atoms with E-state index in [9.17, 15) is 20.4 Å². The van der Waals surface area contributed by atoms with Crippen LogP contribution in [-0.4, -0.2) is 20.4 Å². The normalized spacial score (nSPS) is 13.2. The van der Waals surface area contributed by atoms with Gasteiger partial charge in [0, 0.05) is 5.56 Å². The minimum absolute atomic E-state index is 0.0191. The number of rotatable bonds is 23. The molecule has 0 aliphatic rings.